The number of likely N-dealkylation sites (tertiary alicyclic amines) is 2. The van der Waals surface area contributed by atoms with E-state index in [4.69, 9.17) is 14.6 Å². The number of hydrogen-bond acceptors (Lipinski definition) is 9. The summed E-state index contributed by atoms with van der Waals surface area (Å²) >= 11 is 0. The van der Waals surface area contributed by atoms with Crippen molar-refractivity contribution < 1.29 is 43.3 Å². The summed E-state index contributed by atoms with van der Waals surface area (Å²) in [7, 11) is 2.09. The van der Waals surface area contributed by atoms with Gasteiger partial charge in [-0.3, -0.25) is 28.9 Å². The summed E-state index contributed by atoms with van der Waals surface area (Å²) in [4.78, 5) is 81.2. The summed E-state index contributed by atoms with van der Waals surface area (Å²) in [6, 6.07) is 26.8. The highest BCUT2D eigenvalue weighted by molar-refractivity contribution is 6.43. The predicted molar refractivity (Wildman–Crippen MR) is 267 cm³/mol. The first kappa shape index (κ1) is 53.9. The van der Waals surface area contributed by atoms with Crippen LogP contribution in [-0.2, 0) is 41.9 Å². The van der Waals surface area contributed by atoms with Crippen molar-refractivity contribution in [3.8, 4) is 0 Å². The van der Waals surface area contributed by atoms with Crippen molar-refractivity contribution in [1.82, 2.24) is 19.6 Å². The first-order valence-corrected chi connectivity index (χ1v) is 23.9. The van der Waals surface area contributed by atoms with Crippen LogP contribution >= 0.6 is 0 Å². The fourth-order valence-electron chi connectivity index (χ4n) is 9.62. The zero-order valence-corrected chi connectivity index (χ0v) is 40.8. The SMILES string of the molecule is C.CN1C2CCCC1C(=O)N(CCOCc1ccccc1)C2.Cc1cc(C(=O)C(=O)N2C3CCCC2C(=O)N(CCOCc2ccccc2)C3)cc(C)c1C.Cc1cc(C(=O)C(=O)O)cc(C)c1C. The lowest BCUT2D eigenvalue weighted by Crippen LogP contribution is -2.66. The van der Waals surface area contributed by atoms with Gasteiger partial charge in [0.2, 0.25) is 17.6 Å². The number of Topliss-reactive ketones (excluding diaryl/α,β-unsaturated/α-hetero) is 2. The van der Waals surface area contributed by atoms with Gasteiger partial charge in [-0.05, 0) is 156 Å². The fourth-order valence-corrected chi connectivity index (χ4v) is 9.62. The van der Waals surface area contributed by atoms with E-state index in [2.05, 4.69) is 24.1 Å². The molecule has 4 aromatic carbocycles. The number of aryl methyl sites for hydroxylation is 4. The van der Waals surface area contributed by atoms with Crippen LogP contribution in [0.3, 0.4) is 0 Å². The van der Waals surface area contributed by atoms with E-state index in [1.54, 1.807) is 34.1 Å². The third-order valence-electron chi connectivity index (χ3n) is 14.1. The van der Waals surface area contributed by atoms with Gasteiger partial charge in [0, 0.05) is 43.3 Å². The summed E-state index contributed by atoms with van der Waals surface area (Å²) in [6.07, 6.45) is 5.69. The Morgan fingerprint density at radius 1 is 0.580 bits per heavy atom. The molecule has 4 aliphatic rings. The van der Waals surface area contributed by atoms with Crippen LogP contribution in [-0.4, -0.2) is 131 Å². The predicted octanol–water partition coefficient (Wildman–Crippen LogP) is 8.02. The van der Waals surface area contributed by atoms with Crippen LogP contribution in [0.2, 0.25) is 0 Å². The number of fused-ring (bicyclic) bond motifs is 4. The molecule has 0 saturated carbocycles. The second-order valence-corrected chi connectivity index (χ2v) is 18.7. The normalized spacial score (nSPS) is 19.6. The highest BCUT2D eigenvalue weighted by Gasteiger charge is 2.47. The molecule has 4 heterocycles. The zero-order valence-electron chi connectivity index (χ0n) is 40.8. The van der Waals surface area contributed by atoms with Gasteiger partial charge in [-0.2, -0.15) is 0 Å². The Morgan fingerprint density at radius 2 is 0.986 bits per heavy atom. The number of carboxylic acids is 1. The number of nitrogens with zero attached hydrogens (tertiary/aromatic N) is 4. The minimum Gasteiger partial charge on any atom is -0.475 e. The van der Waals surface area contributed by atoms with Crippen LogP contribution in [0, 0.1) is 41.5 Å². The highest BCUT2D eigenvalue weighted by Crippen LogP contribution is 2.31. The molecule has 370 valence electrons. The lowest BCUT2D eigenvalue weighted by molar-refractivity contribution is -0.157. The van der Waals surface area contributed by atoms with Crippen molar-refractivity contribution in [2.45, 2.75) is 125 Å². The van der Waals surface area contributed by atoms with Crippen molar-refractivity contribution in [1.29, 1.82) is 0 Å². The van der Waals surface area contributed by atoms with Crippen LogP contribution < -0.4 is 0 Å². The Balaban J connectivity index is 0.000000211. The summed E-state index contributed by atoms with van der Waals surface area (Å²) in [5, 5.41) is 8.54. The van der Waals surface area contributed by atoms with Gasteiger partial charge in [0.05, 0.1) is 38.5 Å². The minimum absolute atomic E-state index is 0. The molecule has 0 radical (unpaired) electrons. The molecule has 13 heteroatoms. The van der Waals surface area contributed by atoms with Crippen LogP contribution in [0.4, 0.5) is 0 Å². The summed E-state index contributed by atoms with van der Waals surface area (Å²) < 4.78 is 11.5. The molecule has 4 fully saturated rings. The number of ether oxygens (including phenoxy) is 2. The van der Waals surface area contributed by atoms with E-state index in [0.717, 1.165) is 64.8 Å². The van der Waals surface area contributed by atoms with E-state index in [0.29, 0.717) is 64.1 Å². The molecule has 13 nitrogen and oxygen atoms in total. The van der Waals surface area contributed by atoms with E-state index in [9.17, 15) is 28.8 Å². The Hall–Kier alpha value is -6.02. The minimum atomic E-state index is -1.41. The molecular formula is C56H72N4O9. The first-order chi connectivity index (χ1) is 32.5. The fraction of sp³-hybridized carbons (Fsp3) is 0.464. The lowest BCUT2D eigenvalue weighted by Gasteiger charge is -2.48. The summed E-state index contributed by atoms with van der Waals surface area (Å²) in [6.45, 7) is 16.3. The van der Waals surface area contributed by atoms with E-state index in [1.165, 1.54) is 18.4 Å². The number of rotatable bonds is 14. The molecule has 69 heavy (non-hydrogen) atoms. The molecule has 4 unspecified atom stereocenters. The number of aliphatic carboxylic acids is 1. The number of ketones is 2. The smallest absolute Gasteiger partial charge is 0.377 e. The van der Waals surface area contributed by atoms with Gasteiger partial charge in [0.15, 0.2) is 0 Å². The molecule has 4 bridgehead atoms. The second kappa shape index (κ2) is 25.0. The molecule has 0 aromatic heterocycles. The first-order valence-electron chi connectivity index (χ1n) is 23.9. The van der Waals surface area contributed by atoms with Crippen molar-refractivity contribution in [2.24, 2.45) is 0 Å². The Labute approximate surface area is 408 Å². The van der Waals surface area contributed by atoms with Gasteiger partial charge in [0.1, 0.15) is 6.04 Å². The molecule has 1 N–H and O–H groups in total. The number of likely N-dealkylation sites (N-methyl/N-ethyl adjacent to an activating group) is 1. The van der Waals surface area contributed by atoms with Gasteiger partial charge in [-0.15, -0.1) is 0 Å². The highest BCUT2D eigenvalue weighted by atomic mass is 16.5. The second-order valence-electron chi connectivity index (χ2n) is 18.7. The number of piperazine rings is 2. The number of carboxylic acid groups (broad SMARTS) is 1. The Kier molecular flexibility index (Phi) is 19.6. The molecule has 4 aliphatic heterocycles. The van der Waals surface area contributed by atoms with Crippen molar-refractivity contribution in [3.63, 3.8) is 0 Å². The maximum absolute atomic E-state index is 13.3. The largest absolute Gasteiger partial charge is 0.475 e. The quantitative estimate of drug-likeness (QED) is 0.0747. The number of carbonyl (C=O) groups excluding carboxylic acids is 5. The maximum atomic E-state index is 13.3. The van der Waals surface area contributed by atoms with Crippen molar-refractivity contribution in [2.75, 3.05) is 46.4 Å². The average molecular weight is 945 g/mol. The van der Waals surface area contributed by atoms with Gasteiger partial charge >= 0.3 is 5.97 Å². The Bertz CT molecular complexity index is 2390. The molecule has 4 aromatic rings. The van der Waals surface area contributed by atoms with Gasteiger partial charge in [-0.25, -0.2) is 4.79 Å². The summed E-state index contributed by atoms with van der Waals surface area (Å²) in [5.74, 6) is -3.13. The van der Waals surface area contributed by atoms with Gasteiger partial charge in [-0.1, -0.05) is 68.1 Å². The van der Waals surface area contributed by atoms with Crippen LogP contribution in [0.15, 0.2) is 84.9 Å². The lowest BCUT2D eigenvalue weighted by atomic mass is 9.89. The van der Waals surface area contributed by atoms with Crippen LogP contribution in [0.1, 0.15) is 111 Å². The monoisotopic (exact) mass is 945 g/mol. The van der Waals surface area contributed by atoms with Crippen LogP contribution in [0.25, 0.3) is 0 Å². The van der Waals surface area contributed by atoms with E-state index in [-0.39, 0.29) is 36.9 Å². The zero-order chi connectivity index (χ0) is 49.1. The van der Waals surface area contributed by atoms with Crippen molar-refractivity contribution in [3.05, 3.63) is 141 Å². The maximum Gasteiger partial charge on any atom is 0.377 e. The number of piperidine rings is 2. The molecule has 4 saturated heterocycles. The third-order valence-corrected chi connectivity index (χ3v) is 14.1. The van der Waals surface area contributed by atoms with E-state index >= 15 is 0 Å². The number of carbonyl (C=O) groups is 6. The van der Waals surface area contributed by atoms with Gasteiger partial charge < -0.3 is 29.3 Å². The van der Waals surface area contributed by atoms with E-state index < -0.39 is 29.5 Å². The number of benzene rings is 4. The van der Waals surface area contributed by atoms with Gasteiger partial charge in [0.25, 0.3) is 11.7 Å². The average Bonchev–Trinajstić information content (AvgIpc) is 3.33. The molecule has 8 rings (SSSR count). The third kappa shape index (κ3) is 13.6. The topological polar surface area (TPSA) is 154 Å². The number of hydrogen-bond donors (Lipinski definition) is 1. The summed E-state index contributed by atoms with van der Waals surface area (Å²) in [5.41, 5.74) is 8.99. The molecule has 3 amide bonds. The number of amides is 3. The van der Waals surface area contributed by atoms with Crippen LogP contribution in [0.5, 0.6) is 0 Å². The Morgan fingerprint density at radius 3 is 1.45 bits per heavy atom. The molecule has 0 aliphatic carbocycles. The molecular weight excluding hydrogens is 873 g/mol. The van der Waals surface area contributed by atoms with E-state index in [1.807, 2.05) is 95.0 Å². The van der Waals surface area contributed by atoms with Crippen molar-refractivity contribution >= 4 is 35.3 Å². The standard InChI is InChI=1S/C27H32N2O4.C17H24N2O2.C11H12O3.CH4/c1-18-14-22(15-19(2)20(18)3)25(30)27(32)29-23-10-7-11-24(29)26(31)28(16-23)12-13-33-17-21-8-5-4-6-9-21;1-18-15-8-5-9-16(18)17(20)19(12-15)10-11-21-13-14-6-3-2-4-7-14;1-6-4-9(10(12)11(13)14)5-7(2)8(6)3;/h4-6,8-9,14-15,23-24H,7,10-13,16-17H2,1-3H3;2-4,6-7,15-16H,5,8-13H2,1H3;4-5H,1-3H3,(H,13,14);1H4. The molecule has 4 atom stereocenters. The molecule has 0 spiro atoms.